The lowest BCUT2D eigenvalue weighted by atomic mass is 9.91. The fraction of sp³-hybridized carbons (Fsp3) is 0.800. The van der Waals surface area contributed by atoms with Crippen LogP contribution in [0, 0.1) is 0 Å². The van der Waals surface area contributed by atoms with Crippen molar-refractivity contribution < 1.29 is 32.6 Å². The maximum atomic E-state index is 12.1. The average Bonchev–Trinajstić information content (AvgIpc) is 2.25. The fourth-order valence-corrected chi connectivity index (χ4v) is 1.82. The van der Waals surface area contributed by atoms with Crippen LogP contribution in [0.5, 0.6) is 0 Å². The van der Waals surface area contributed by atoms with Crippen molar-refractivity contribution in [1.82, 2.24) is 4.90 Å². The molecule has 1 aliphatic heterocycles. The van der Waals surface area contributed by atoms with Gasteiger partial charge in [0, 0.05) is 32.9 Å². The third kappa shape index (κ3) is 3.59. The highest BCUT2D eigenvalue weighted by atomic mass is 19.4. The van der Waals surface area contributed by atoms with E-state index in [0.717, 1.165) is 0 Å². The van der Waals surface area contributed by atoms with E-state index in [1.54, 1.807) is 0 Å². The molecule has 0 unspecified atom stereocenters. The number of carboxylic acid groups (broad SMARTS) is 1. The zero-order valence-corrected chi connectivity index (χ0v) is 9.79. The normalized spacial score (nSPS) is 19.7. The van der Waals surface area contributed by atoms with Crippen LogP contribution >= 0.6 is 0 Å². The number of carboxylic acids is 1. The molecule has 0 radical (unpaired) electrons. The smallest absolute Gasteiger partial charge is 0.411 e. The average molecular weight is 269 g/mol. The van der Waals surface area contributed by atoms with Gasteiger partial charge in [-0.15, -0.1) is 0 Å². The van der Waals surface area contributed by atoms with E-state index in [1.807, 2.05) is 0 Å². The predicted octanol–water partition coefficient (Wildman–Crippen LogP) is 1.03. The van der Waals surface area contributed by atoms with Gasteiger partial charge in [-0.25, -0.2) is 4.79 Å². The van der Waals surface area contributed by atoms with E-state index >= 15 is 0 Å². The summed E-state index contributed by atoms with van der Waals surface area (Å²) >= 11 is 0. The molecule has 0 saturated carbocycles. The van der Waals surface area contributed by atoms with Gasteiger partial charge in [0.25, 0.3) is 0 Å². The van der Waals surface area contributed by atoms with Crippen LogP contribution in [0.4, 0.5) is 13.2 Å². The van der Waals surface area contributed by atoms with Gasteiger partial charge in [-0.1, -0.05) is 0 Å². The van der Waals surface area contributed by atoms with Gasteiger partial charge in [0.05, 0.1) is 0 Å². The summed E-state index contributed by atoms with van der Waals surface area (Å²) in [5.74, 6) is -1.65. The molecule has 0 aliphatic carbocycles. The molecule has 1 rings (SSSR count). The van der Waals surface area contributed by atoms with Crippen molar-refractivity contribution in [2.75, 3.05) is 19.7 Å². The highest BCUT2D eigenvalue weighted by Crippen LogP contribution is 2.29. The number of aliphatic carboxylic acids is 1. The number of carbonyl (C=O) groups excluding carboxylic acids is 1. The van der Waals surface area contributed by atoms with Crippen LogP contribution in [0.1, 0.15) is 19.8 Å². The third-order valence-electron chi connectivity index (χ3n) is 2.92. The topological polar surface area (TPSA) is 66.8 Å². The van der Waals surface area contributed by atoms with Crippen LogP contribution in [0.25, 0.3) is 0 Å². The molecule has 0 atom stereocenters. The number of nitrogens with zero attached hydrogens (tertiary/aromatic N) is 1. The van der Waals surface area contributed by atoms with Crippen LogP contribution in [0.2, 0.25) is 0 Å². The van der Waals surface area contributed by atoms with E-state index < -0.39 is 24.4 Å². The molecule has 0 spiro atoms. The van der Waals surface area contributed by atoms with Crippen molar-refractivity contribution in [2.24, 2.45) is 0 Å². The molecule has 1 saturated heterocycles. The van der Waals surface area contributed by atoms with Gasteiger partial charge in [0.15, 0.2) is 5.60 Å². The quantitative estimate of drug-likeness (QED) is 0.831. The SMILES string of the molecule is CC(=O)N1CCC(OCC(F)(F)F)(C(=O)O)CC1. The first-order valence-corrected chi connectivity index (χ1v) is 5.36. The van der Waals surface area contributed by atoms with Gasteiger partial charge in [-0.2, -0.15) is 13.2 Å². The summed E-state index contributed by atoms with van der Waals surface area (Å²) in [5, 5.41) is 9.01. The first-order valence-electron chi connectivity index (χ1n) is 5.36. The first-order chi connectivity index (χ1) is 8.16. The molecule has 0 aromatic carbocycles. The lowest BCUT2D eigenvalue weighted by Gasteiger charge is -2.38. The minimum Gasteiger partial charge on any atom is -0.479 e. The Morgan fingerprint density at radius 1 is 1.33 bits per heavy atom. The van der Waals surface area contributed by atoms with Crippen molar-refractivity contribution in [3.8, 4) is 0 Å². The summed E-state index contributed by atoms with van der Waals surface area (Å²) in [6.07, 6.45) is -4.85. The molecule has 1 aliphatic rings. The number of hydrogen-bond donors (Lipinski definition) is 1. The number of piperidine rings is 1. The van der Waals surface area contributed by atoms with Crippen LogP contribution in [0.15, 0.2) is 0 Å². The summed E-state index contributed by atoms with van der Waals surface area (Å²) < 4.78 is 40.8. The molecular weight excluding hydrogens is 255 g/mol. The largest absolute Gasteiger partial charge is 0.479 e. The van der Waals surface area contributed by atoms with E-state index in [9.17, 15) is 22.8 Å². The van der Waals surface area contributed by atoms with E-state index in [4.69, 9.17) is 5.11 Å². The maximum Gasteiger partial charge on any atom is 0.411 e. The molecule has 1 heterocycles. The Morgan fingerprint density at radius 2 is 1.83 bits per heavy atom. The molecule has 104 valence electrons. The van der Waals surface area contributed by atoms with Gasteiger partial charge in [0.2, 0.25) is 5.91 Å². The number of hydrogen-bond acceptors (Lipinski definition) is 3. The second kappa shape index (κ2) is 5.13. The molecule has 1 amide bonds. The monoisotopic (exact) mass is 269 g/mol. The molecule has 18 heavy (non-hydrogen) atoms. The van der Waals surface area contributed by atoms with Gasteiger partial charge < -0.3 is 14.7 Å². The van der Waals surface area contributed by atoms with Gasteiger partial charge in [-0.3, -0.25) is 4.79 Å². The van der Waals surface area contributed by atoms with Crippen molar-refractivity contribution in [1.29, 1.82) is 0 Å². The number of amides is 1. The highest BCUT2D eigenvalue weighted by Gasteiger charge is 2.45. The molecule has 1 N–H and O–H groups in total. The van der Waals surface area contributed by atoms with Gasteiger partial charge in [0.1, 0.15) is 6.61 Å². The van der Waals surface area contributed by atoms with Gasteiger partial charge in [-0.05, 0) is 0 Å². The van der Waals surface area contributed by atoms with E-state index in [2.05, 4.69) is 4.74 Å². The fourth-order valence-electron chi connectivity index (χ4n) is 1.82. The van der Waals surface area contributed by atoms with Crippen LogP contribution < -0.4 is 0 Å². The second-order valence-corrected chi connectivity index (χ2v) is 4.21. The summed E-state index contributed by atoms with van der Waals surface area (Å²) in [4.78, 5) is 23.5. The van der Waals surface area contributed by atoms with Crippen molar-refractivity contribution in [3.05, 3.63) is 0 Å². The molecule has 0 aromatic rings. The second-order valence-electron chi connectivity index (χ2n) is 4.21. The molecule has 1 fully saturated rings. The van der Waals surface area contributed by atoms with E-state index in [-0.39, 0.29) is 31.8 Å². The Hall–Kier alpha value is -1.31. The van der Waals surface area contributed by atoms with Crippen molar-refractivity contribution >= 4 is 11.9 Å². The van der Waals surface area contributed by atoms with Crippen molar-refractivity contribution in [3.63, 3.8) is 0 Å². The minimum absolute atomic E-state index is 0.0828. The van der Waals surface area contributed by atoms with Crippen LogP contribution in [0.3, 0.4) is 0 Å². The standard InChI is InChI=1S/C10H14F3NO4/c1-7(15)14-4-2-9(3-5-14,8(16)17)18-6-10(11,12)13/h2-6H2,1H3,(H,16,17). The molecule has 8 heteroatoms. The summed E-state index contributed by atoms with van der Waals surface area (Å²) in [6.45, 7) is -0.108. The third-order valence-corrected chi connectivity index (χ3v) is 2.92. The number of likely N-dealkylation sites (tertiary alicyclic amines) is 1. The predicted molar refractivity (Wildman–Crippen MR) is 53.9 cm³/mol. The van der Waals surface area contributed by atoms with E-state index in [0.29, 0.717) is 0 Å². The lowest BCUT2D eigenvalue weighted by molar-refractivity contribution is -0.220. The zero-order valence-electron chi connectivity index (χ0n) is 9.79. The number of carbonyl (C=O) groups is 2. The Labute approximate surface area is 102 Å². The zero-order chi connectivity index (χ0) is 14.0. The first kappa shape index (κ1) is 14.7. The summed E-state index contributed by atoms with van der Waals surface area (Å²) in [5.41, 5.74) is -1.85. The van der Waals surface area contributed by atoms with Gasteiger partial charge >= 0.3 is 12.1 Å². The Kier molecular flexibility index (Phi) is 4.20. The molecular formula is C10H14F3NO4. The summed E-state index contributed by atoms with van der Waals surface area (Å²) in [7, 11) is 0. The Bertz CT molecular complexity index is 335. The van der Waals surface area contributed by atoms with Crippen molar-refractivity contribution in [2.45, 2.75) is 31.5 Å². The maximum absolute atomic E-state index is 12.1. The van der Waals surface area contributed by atoms with E-state index in [1.165, 1.54) is 11.8 Å². The Balaban J connectivity index is 2.67. The molecule has 0 aromatic heterocycles. The van der Waals surface area contributed by atoms with Crippen LogP contribution in [-0.2, 0) is 14.3 Å². The highest BCUT2D eigenvalue weighted by molar-refractivity contribution is 5.79. The molecule has 5 nitrogen and oxygen atoms in total. The number of halogens is 3. The molecule has 0 bridgehead atoms. The Morgan fingerprint density at radius 3 is 2.17 bits per heavy atom. The number of alkyl halides is 3. The lowest BCUT2D eigenvalue weighted by Crippen LogP contribution is -2.53. The number of rotatable bonds is 3. The number of ether oxygens (including phenoxy) is 1. The summed E-state index contributed by atoms with van der Waals surface area (Å²) in [6, 6.07) is 0. The minimum atomic E-state index is -4.57. The van der Waals surface area contributed by atoms with Crippen LogP contribution in [-0.4, -0.2) is 53.4 Å².